The van der Waals surface area contributed by atoms with Crippen molar-refractivity contribution in [3.63, 3.8) is 0 Å². The zero-order valence-corrected chi connectivity index (χ0v) is 18.3. The van der Waals surface area contributed by atoms with Gasteiger partial charge in [-0.05, 0) is 99.7 Å². The largest absolute Gasteiger partial charge is 0.390 e. The smallest absolute Gasteiger partial charge is 0.163 e. The highest BCUT2D eigenvalue weighted by atomic mass is 16.8. The first-order valence-electron chi connectivity index (χ1n) is 11.6. The first kappa shape index (κ1) is 18.9. The summed E-state index contributed by atoms with van der Waals surface area (Å²) in [5.74, 6) is 2.78. The first-order valence-corrected chi connectivity index (χ1v) is 11.6. The Balaban J connectivity index is 1.59. The van der Waals surface area contributed by atoms with Gasteiger partial charge in [-0.25, -0.2) is 0 Å². The Hall–Kier alpha value is -0.120. The van der Waals surface area contributed by atoms with E-state index in [2.05, 4.69) is 41.5 Å². The molecule has 1 heterocycles. The monoisotopic (exact) mass is 376 g/mol. The summed E-state index contributed by atoms with van der Waals surface area (Å²) in [6, 6.07) is 0. The van der Waals surface area contributed by atoms with Gasteiger partial charge in [0.15, 0.2) is 5.79 Å². The van der Waals surface area contributed by atoms with Crippen LogP contribution in [0.15, 0.2) is 0 Å². The molecule has 1 saturated heterocycles. The SMILES string of the molecule is C[C@H]1CC[C@]2(C)C3CC[C@@]4(C)[C@@H](CC[C@]4(C)O)C3[C@H]3OC(C)(C)O[C@@H]3[C@H]2C1. The lowest BCUT2D eigenvalue weighted by Gasteiger charge is -2.63. The maximum absolute atomic E-state index is 11.2. The molecule has 4 saturated carbocycles. The molecule has 3 heteroatoms. The van der Waals surface area contributed by atoms with Crippen LogP contribution in [-0.4, -0.2) is 28.7 Å². The number of hydrogen-bond acceptors (Lipinski definition) is 3. The van der Waals surface area contributed by atoms with E-state index in [0.717, 1.165) is 24.7 Å². The van der Waals surface area contributed by atoms with E-state index in [9.17, 15) is 5.11 Å². The van der Waals surface area contributed by atoms with Gasteiger partial charge in [0.05, 0.1) is 17.8 Å². The van der Waals surface area contributed by atoms with Crippen molar-refractivity contribution in [2.24, 2.45) is 40.4 Å². The van der Waals surface area contributed by atoms with Crippen LogP contribution in [0.5, 0.6) is 0 Å². The van der Waals surface area contributed by atoms with E-state index in [-0.39, 0.29) is 17.6 Å². The second-order valence-electron chi connectivity index (χ2n) is 12.1. The highest BCUT2D eigenvalue weighted by Gasteiger charge is 2.69. The van der Waals surface area contributed by atoms with Gasteiger partial charge < -0.3 is 14.6 Å². The maximum Gasteiger partial charge on any atom is 0.163 e. The minimum Gasteiger partial charge on any atom is -0.390 e. The van der Waals surface area contributed by atoms with Crippen LogP contribution in [0, 0.1) is 40.4 Å². The summed E-state index contributed by atoms with van der Waals surface area (Å²) in [5.41, 5.74) is -0.135. The fourth-order valence-corrected chi connectivity index (χ4v) is 8.63. The molecule has 5 rings (SSSR count). The van der Waals surface area contributed by atoms with Crippen molar-refractivity contribution in [2.75, 3.05) is 0 Å². The fraction of sp³-hybridized carbons (Fsp3) is 1.00. The minimum absolute atomic E-state index is 0.0277. The van der Waals surface area contributed by atoms with E-state index < -0.39 is 11.4 Å². The Morgan fingerprint density at radius 2 is 1.44 bits per heavy atom. The van der Waals surface area contributed by atoms with Gasteiger partial charge in [0, 0.05) is 0 Å². The van der Waals surface area contributed by atoms with Crippen molar-refractivity contribution in [3.05, 3.63) is 0 Å². The standard InChI is InChI=1S/C24H40O3/c1-14-7-10-22(4)15-8-11-23(5)16(9-12-24(23,6)25)18(15)20-19(17(22)13-14)26-21(2,3)27-20/h14-20,25H,7-13H2,1-6H3/t14-,15?,16-,17+,18?,19+,20+,22+,23-,24-/m0/s1. The number of ether oxygens (including phenoxy) is 2. The van der Waals surface area contributed by atoms with Gasteiger partial charge in [-0.15, -0.1) is 0 Å². The molecule has 5 aliphatic rings. The van der Waals surface area contributed by atoms with E-state index >= 15 is 0 Å². The topological polar surface area (TPSA) is 38.7 Å². The van der Waals surface area contributed by atoms with Gasteiger partial charge in [0.1, 0.15) is 0 Å². The Bertz CT molecular complexity index is 627. The third-order valence-corrected chi connectivity index (χ3v) is 10.4. The third-order valence-electron chi connectivity index (χ3n) is 10.4. The molecule has 10 atom stereocenters. The van der Waals surface area contributed by atoms with Crippen LogP contribution in [0.1, 0.15) is 86.5 Å². The Labute approximate surface area is 165 Å². The Kier molecular flexibility index (Phi) is 3.86. The van der Waals surface area contributed by atoms with Crippen LogP contribution in [0.25, 0.3) is 0 Å². The summed E-state index contributed by atoms with van der Waals surface area (Å²) in [6.45, 7) is 13.7. The van der Waals surface area contributed by atoms with Crippen LogP contribution in [0.4, 0.5) is 0 Å². The molecule has 0 aromatic heterocycles. The van der Waals surface area contributed by atoms with E-state index in [0.29, 0.717) is 23.2 Å². The van der Waals surface area contributed by atoms with Crippen LogP contribution >= 0.6 is 0 Å². The summed E-state index contributed by atoms with van der Waals surface area (Å²) >= 11 is 0. The number of hydrogen-bond donors (Lipinski definition) is 1. The molecule has 0 radical (unpaired) electrons. The summed E-state index contributed by atoms with van der Waals surface area (Å²) in [4.78, 5) is 0. The highest BCUT2D eigenvalue weighted by Crippen LogP contribution is 2.70. The van der Waals surface area contributed by atoms with Gasteiger partial charge in [-0.2, -0.15) is 0 Å². The van der Waals surface area contributed by atoms with Gasteiger partial charge in [0.25, 0.3) is 0 Å². The molecule has 2 unspecified atom stereocenters. The lowest BCUT2D eigenvalue weighted by atomic mass is 9.42. The molecule has 1 aliphatic heterocycles. The number of fused-ring (bicyclic) bond motifs is 8. The molecule has 0 bridgehead atoms. The van der Waals surface area contributed by atoms with Gasteiger partial charge >= 0.3 is 0 Å². The van der Waals surface area contributed by atoms with Crippen molar-refractivity contribution in [1.29, 1.82) is 0 Å². The van der Waals surface area contributed by atoms with E-state index in [4.69, 9.17) is 9.47 Å². The molecule has 1 N–H and O–H groups in total. The molecule has 0 aromatic carbocycles. The molecule has 5 fully saturated rings. The van der Waals surface area contributed by atoms with Crippen LogP contribution in [0.2, 0.25) is 0 Å². The maximum atomic E-state index is 11.2. The van der Waals surface area contributed by atoms with Crippen molar-refractivity contribution in [2.45, 2.75) is 110 Å². The molecule has 4 aliphatic carbocycles. The summed E-state index contributed by atoms with van der Waals surface area (Å²) in [6.07, 6.45) is 8.96. The third kappa shape index (κ3) is 2.37. The second kappa shape index (κ2) is 5.52. The Morgan fingerprint density at radius 1 is 0.778 bits per heavy atom. The van der Waals surface area contributed by atoms with Gasteiger partial charge in [-0.3, -0.25) is 0 Å². The lowest BCUT2D eigenvalue weighted by molar-refractivity contribution is -0.198. The quantitative estimate of drug-likeness (QED) is 0.635. The zero-order chi connectivity index (χ0) is 19.4. The van der Waals surface area contributed by atoms with E-state index in [1.807, 2.05) is 0 Å². The summed E-state index contributed by atoms with van der Waals surface area (Å²) < 4.78 is 13.3. The van der Waals surface area contributed by atoms with Crippen molar-refractivity contribution in [3.8, 4) is 0 Å². The van der Waals surface area contributed by atoms with Crippen LogP contribution in [-0.2, 0) is 9.47 Å². The van der Waals surface area contributed by atoms with E-state index in [1.54, 1.807) is 0 Å². The highest BCUT2D eigenvalue weighted by molar-refractivity contribution is 5.17. The molecule has 3 nitrogen and oxygen atoms in total. The number of aliphatic hydroxyl groups is 1. The van der Waals surface area contributed by atoms with Crippen molar-refractivity contribution >= 4 is 0 Å². The average molecular weight is 377 g/mol. The molecule has 154 valence electrons. The number of rotatable bonds is 0. The molecule has 0 spiro atoms. The predicted octanol–water partition coefficient (Wildman–Crippen LogP) is 5.16. The first-order chi connectivity index (χ1) is 12.5. The average Bonchev–Trinajstić information content (AvgIpc) is 3.02. The van der Waals surface area contributed by atoms with Crippen molar-refractivity contribution in [1.82, 2.24) is 0 Å². The summed E-state index contributed by atoms with van der Waals surface area (Å²) in [7, 11) is 0. The molecular formula is C24H40O3. The van der Waals surface area contributed by atoms with Crippen molar-refractivity contribution < 1.29 is 14.6 Å². The second-order valence-corrected chi connectivity index (χ2v) is 12.1. The molecule has 27 heavy (non-hydrogen) atoms. The van der Waals surface area contributed by atoms with Gasteiger partial charge in [0.2, 0.25) is 0 Å². The predicted molar refractivity (Wildman–Crippen MR) is 106 cm³/mol. The Morgan fingerprint density at radius 3 is 2.19 bits per heavy atom. The van der Waals surface area contributed by atoms with E-state index in [1.165, 1.54) is 32.1 Å². The normalized spacial score (nSPS) is 61.7. The zero-order valence-electron chi connectivity index (χ0n) is 18.3. The van der Waals surface area contributed by atoms with Gasteiger partial charge in [-0.1, -0.05) is 27.2 Å². The lowest BCUT2D eigenvalue weighted by Crippen LogP contribution is -2.64. The van der Waals surface area contributed by atoms with Crippen LogP contribution < -0.4 is 0 Å². The fourth-order valence-electron chi connectivity index (χ4n) is 8.63. The molecule has 0 aromatic rings. The van der Waals surface area contributed by atoms with Crippen LogP contribution in [0.3, 0.4) is 0 Å². The summed E-state index contributed by atoms with van der Waals surface area (Å²) in [5, 5.41) is 11.2. The minimum atomic E-state index is -0.536. The molecular weight excluding hydrogens is 336 g/mol. The molecule has 0 amide bonds.